The predicted molar refractivity (Wildman–Crippen MR) is 91.8 cm³/mol. The average Bonchev–Trinajstić information content (AvgIpc) is 2.66. The quantitative estimate of drug-likeness (QED) is 0.757. The summed E-state index contributed by atoms with van der Waals surface area (Å²) in [5.41, 5.74) is 8.03. The Hall–Kier alpha value is -1.33. The molecule has 0 amide bonds. The third-order valence-electron chi connectivity index (χ3n) is 2.88. The molecule has 2 aromatic rings. The van der Waals surface area contributed by atoms with Gasteiger partial charge in [-0.2, -0.15) is 0 Å². The Morgan fingerprint density at radius 1 is 1.24 bits per heavy atom. The van der Waals surface area contributed by atoms with Gasteiger partial charge in [0.05, 0.1) is 5.69 Å². The van der Waals surface area contributed by atoms with Gasteiger partial charge in [0, 0.05) is 9.35 Å². The molecule has 112 valence electrons. The van der Waals surface area contributed by atoms with Crippen LogP contribution < -0.4 is 5.73 Å². The SMILES string of the molecule is Cc1c(-c2ccc(Br)cc2)sc(C(=O)OC(C)(C)C)c1N. The van der Waals surface area contributed by atoms with Crippen molar-refractivity contribution in [1.29, 1.82) is 0 Å². The molecule has 0 radical (unpaired) electrons. The molecule has 21 heavy (non-hydrogen) atoms. The molecule has 1 aromatic carbocycles. The van der Waals surface area contributed by atoms with Crippen molar-refractivity contribution in [2.24, 2.45) is 0 Å². The van der Waals surface area contributed by atoms with E-state index in [1.807, 2.05) is 52.0 Å². The van der Waals surface area contributed by atoms with Gasteiger partial charge in [0.1, 0.15) is 10.5 Å². The number of halogens is 1. The molecule has 0 saturated heterocycles. The summed E-state index contributed by atoms with van der Waals surface area (Å²) >= 11 is 4.80. The topological polar surface area (TPSA) is 52.3 Å². The molecule has 2 rings (SSSR count). The van der Waals surface area contributed by atoms with Crippen molar-refractivity contribution in [3.63, 3.8) is 0 Å². The number of thiophene rings is 1. The van der Waals surface area contributed by atoms with Crippen LogP contribution in [0.2, 0.25) is 0 Å². The zero-order valence-electron chi connectivity index (χ0n) is 12.5. The first-order valence-electron chi connectivity index (χ1n) is 6.57. The van der Waals surface area contributed by atoms with Gasteiger partial charge >= 0.3 is 5.97 Å². The van der Waals surface area contributed by atoms with Gasteiger partial charge in [-0.1, -0.05) is 28.1 Å². The fourth-order valence-corrected chi connectivity index (χ4v) is 3.25. The number of benzene rings is 1. The molecule has 0 fully saturated rings. The first kappa shape index (κ1) is 16.0. The average molecular weight is 368 g/mol. The van der Waals surface area contributed by atoms with Gasteiger partial charge in [-0.05, 0) is 51.0 Å². The second-order valence-electron chi connectivity index (χ2n) is 5.81. The van der Waals surface area contributed by atoms with Gasteiger partial charge in [0.25, 0.3) is 0 Å². The largest absolute Gasteiger partial charge is 0.456 e. The van der Waals surface area contributed by atoms with Crippen LogP contribution in [0.15, 0.2) is 28.7 Å². The Labute approximate surface area is 137 Å². The van der Waals surface area contributed by atoms with Crippen LogP contribution in [-0.2, 0) is 4.74 Å². The van der Waals surface area contributed by atoms with E-state index in [1.54, 1.807) is 0 Å². The number of ether oxygens (including phenoxy) is 1. The smallest absolute Gasteiger partial charge is 0.351 e. The summed E-state index contributed by atoms with van der Waals surface area (Å²) in [4.78, 5) is 13.7. The van der Waals surface area contributed by atoms with Crippen molar-refractivity contribution >= 4 is 38.9 Å². The van der Waals surface area contributed by atoms with Crippen LogP contribution >= 0.6 is 27.3 Å². The van der Waals surface area contributed by atoms with Crippen LogP contribution in [0.1, 0.15) is 36.0 Å². The van der Waals surface area contributed by atoms with Crippen LogP contribution in [-0.4, -0.2) is 11.6 Å². The van der Waals surface area contributed by atoms with Gasteiger partial charge in [0.2, 0.25) is 0 Å². The lowest BCUT2D eigenvalue weighted by Gasteiger charge is -2.19. The summed E-state index contributed by atoms with van der Waals surface area (Å²) in [5, 5.41) is 0. The van der Waals surface area contributed by atoms with Gasteiger partial charge < -0.3 is 10.5 Å². The summed E-state index contributed by atoms with van der Waals surface area (Å²) < 4.78 is 6.43. The molecule has 1 heterocycles. The van der Waals surface area contributed by atoms with Crippen LogP contribution in [0, 0.1) is 6.92 Å². The Balaban J connectivity index is 2.41. The van der Waals surface area contributed by atoms with Gasteiger partial charge in [-0.15, -0.1) is 11.3 Å². The van der Waals surface area contributed by atoms with E-state index in [2.05, 4.69) is 15.9 Å². The molecule has 0 atom stereocenters. The highest BCUT2D eigenvalue weighted by Gasteiger charge is 2.24. The monoisotopic (exact) mass is 367 g/mol. The summed E-state index contributed by atoms with van der Waals surface area (Å²) in [6.07, 6.45) is 0. The molecule has 1 aromatic heterocycles. The molecule has 0 aliphatic rings. The molecular formula is C16H18BrNO2S. The maximum Gasteiger partial charge on any atom is 0.351 e. The highest BCUT2D eigenvalue weighted by Crippen LogP contribution is 2.39. The molecule has 0 aliphatic carbocycles. The Morgan fingerprint density at radius 3 is 2.33 bits per heavy atom. The number of nitrogen functional groups attached to an aromatic ring is 1. The zero-order chi connectivity index (χ0) is 15.8. The molecule has 0 unspecified atom stereocenters. The summed E-state index contributed by atoms with van der Waals surface area (Å²) in [6, 6.07) is 7.94. The summed E-state index contributed by atoms with van der Waals surface area (Å²) in [7, 11) is 0. The first-order valence-corrected chi connectivity index (χ1v) is 8.18. The number of carbonyl (C=O) groups excluding carboxylic acids is 1. The fraction of sp³-hybridized carbons (Fsp3) is 0.312. The van der Waals surface area contributed by atoms with Crippen molar-refractivity contribution in [2.45, 2.75) is 33.3 Å². The van der Waals surface area contributed by atoms with Crippen LogP contribution in [0.5, 0.6) is 0 Å². The van der Waals surface area contributed by atoms with Crippen LogP contribution in [0.4, 0.5) is 5.69 Å². The molecule has 2 N–H and O–H groups in total. The van der Waals surface area contributed by atoms with Crippen molar-refractivity contribution in [1.82, 2.24) is 0 Å². The fourth-order valence-electron chi connectivity index (χ4n) is 1.88. The van der Waals surface area contributed by atoms with Gasteiger partial charge in [-0.3, -0.25) is 0 Å². The highest BCUT2D eigenvalue weighted by molar-refractivity contribution is 9.10. The highest BCUT2D eigenvalue weighted by atomic mass is 79.9. The van der Waals surface area contributed by atoms with Crippen LogP contribution in [0.3, 0.4) is 0 Å². The lowest BCUT2D eigenvalue weighted by atomic mass is 10.1. The maximum atomic E-state index is 12.2. The number of rotatable bonds is 2. The summed E-state index contributed by atoms with van der Waals surface area (Å²) in [6.45, 7) is 7.46. The number of hydrogen-bond donors (Lipinski definition) is 1. The maximum absolute atomic E-state index is 12.2. The van der Waals surface area contributed by atoms with E-state index in [0.29, 0.717) is 10.6 Å². The van der Waals surface area contributed by atoms with Crippen molar-refractivity contribution < 1.29 is 9.53 Å². The van der Waals surface area contributed by atoms with Gasteiger partial charge in [0.15, 0.2) is 0 Å². The number of hydrogen-bond acceptors (Lipinski definition) is 4. The van der Waals surface area contributed by atoms with Gasteiger partial charge in [-0.25, -0.2) is 4.79 Å². The second-order valence-corrected chi connectivity index (χ2v) is 7.74. The summed E-state index contributed by atoms with van der Waals surface area (Å²) in [5.74, 6) is -0.364. The number of anilines is 1. The van der Waals surface area contributed by atoms with E-state index in [4.69, 9.17) is 10.5 Å². The minimum atomic E-state index is -0.529. The minimum Gasteiger partial charge on any atom is -0.456 e. The van der Waals surface area contributed by atoms with E-state index in [9.17, 15) is 4.79 Å². The number of carbonyl (C=O) groups is 1. The molecule has 0 aliphatic heterocycles. The van der Waals surface area contributed by atoms with E-state index in [0.717, 1.165) is 20.5 Å². The Bertz CT molecular complexity index is 669. The second kappa shape index (κ2) is 5.81. The molecule has 0 bridgehead atoms. The number of esters is 1. The minimum absolute atomic E-state index is 0.364. The van der Waals surface area contributed by atoms with E-state index < -0.39 is 5.60 Å². The third kappa shape index (κ3) is 3.66. The number of nitrogens with two attached hydrogens (primary N) is 1. The van der Waals surface area contributed by atoms with Crippen molar-refractivity contribution in [2.75, 3.05) is 5.73 Å². The third-order valence-corrected chi connectivity index (χ3v) is 4.75. The lowest BCUT2D eigenvalue weighted by Crippen LogP contribution is -2.23. The normalized spacial score (nSPS) is 11.5. The Morgan fingerprint density at radius 2 is 1.81 bits per heavy atom. The molecule has 0 spiro atoms. The molecule has 0 saturated carbocycles. The zero-order valence-corrected chi connectivity index (χ0v) is 14.9. The molecular weight excluding hydrogens is 350 g/mol. The van der Waals surface area contributed by atoms with E-state index in [1.165, 1.54) is 11.3 Å². The lowest BCUT2D eigenvalue weighted by molar-refractivity contribution is 0.00763. The van der Waals surface area contributed by atoms with Crippen LogP contribution in [0.25, 0.3) is 10.4 Å². The first-order chi connectivity index (χ1) is 9.69. The Kier molecular flexibility index (Phi) is 4.44. The molecule has 3 nitrogen and oxygen atoms in total. The standard InChI is InChI=1S/C16H18BrNO2S/c1-9-12(18)14(15(19)20-16(2,3)4)21-13(9)10-5-7-11(17)8-6-10/h5-8H,18H2,1-4H3. The van der Waals surface area contributed by atoms with Crippen molar-refractivity contribution in [3.05, 3.63) is 39.2 Å². The van der Waals surface area contributed by atoms with E-state index in [-0.39, 0.29) is 5.97 Å². The van der Waals surface area contributed by atoms with E-state index >= 15 is 0 Å². The van der Waals surface area contributed by atoms with Crippen molar-refractivity contribution in [3.8, 4) is 10.4 Å². The predicted octanol–water partition coefficient (Wildman–Crippen LogP) is 5.02. The molecule has 5 heteroatoms.